The second kappa shape index (κ2) is 57.9. The van der Waals surface area contributed by atoms with Gasteiger partial charge in [-0.05, 0) is 147 Å². The van der Waals surface area contributed by atoms with Gasteiger partial charge >= 0.3 is 24.1 Å². The van der Waals surface area contributed by atoms with Crippen molar-refractivity contribution in [2.75, 3.05) is 26.2 Å². The van der Waals surface area contributed by atoms with Gasteiger partial charge in [0, 0.05) is 265 Å². The minimum atomic E-state index is -1.33. The monoisotopic (exact) mass is 2520 g/mol. The molecule has 4 aliphatic carbocycles. The summed E-state index contributed by atoms with van der Waals surface area (Å²) in [5.74, 6) is -2.56. The van der Waals surface area contributed by atoms with Crippen LogP contribution in [0.5, 0.6) is 0 Å². The van der Waals surface area contributed by atoms with E-state index < -0.39 is 119 Å². The predicted octanol–water partition coefficient (Wildman–Crippen LogP) is 13.3. The fraction of sp³-hybridized carbons (Fsp3) is 0.614. The summed E-state index contributed by atoms with van der Waals surface area (Å²) >= 11 is 71.6. The smallest absolute Gasteiger partial charge is 0.411 e. The van der Waals surface area contributed by atoms with Crippen molar-refractivity contribution >= 4 is 302 Å². The third kappa shape index (κ3) is 40.0. The minimum absolute atomic E-state index is 0. The van der Waals surface area contributed by atoms with Crippen molar-refractivity contribution in [2.45, 2.75) is 270 Å². The molecule has 4 aromatic heterocycles. The third-order valence-corrected chi connectivity index (χ3v) is 27.4. The van der Waals surface area contributed by atoms with Crippen LogP contribution in [-0.2, 0) is 145 Å². The molecule has 8 N–H and O–H groups in total. The Morgan fingerprint density at radius 2 is 0.870 bits per heavy atom. The summed E-state index contributed by atoms with van der Waals surface area (Å²) in [6.07, 6.45) is 3.21. The van der Waals surface area contributed by atoms with Crippen LogP contribution in [0.2, 0.25) is 0 Å². The molecule has 4 saturated heterocycles. The number of ketones is 2. The maximum Gasteiger partial charge on any atom is 0.411 e. The fourth-order valence-electron chi connectivity index (χ4n) is 14.6. The van der Waals surface area contributed by atoms with Crippen LogP contribution in [0, 0.1) is 68.6 Å². The number of alkyl halides is 12. The van der Waals surface area contributed by atoms with Crippen LogP contribution in [0.25, 0.3) is 44.1 Å². The van der Waals surface area contributed by atoms with Crippen LogP contribution in [-0.4, -0.2) is 262 Å². The molecule has 138 heavy (non-hydrogen) atoms. The van der Waals surface area contributed by atoms with Gasteiger partial charge in [-0.1, -0.05) is 19.6 Å². The van der Waals surface area contributed by atoms with Gasteiger partial charge in [-0.25, -0.2) is 51.9 Å². The summed E-state index contributed by atoms with van der Waals surface area (Å²) < 4.78 is 75.7. The second-order valence-electron chi connectivity index (χ2n) is 34.8. The van der Waals surface area contributed by atoms with Crippen molar-refractivity contribution in [3.63, 3.8) is 0 Å². The molecule has 55 heteroatoms. The number of aromatic nitrogens is 8. The number of nitrogens with zero attached hydrogens (tertiary/aromatic N) is 11. The topological polar surface area (TPSA) is 401 Å². The number of carbonyl (C=O) groups is 10. The van der Waals surface area contributed by atoms with Gasteiger partial charge in [-0.3, -0.25) is 52.7 Å². The Hall–Kier alpha value is -4.06. The molecule has 14 rings (SSSR count). The number of nitrogens with one attached hydrogen (secondary N) is 4. The molecule has 30 nitrogen and oxygen atoms in total. The molecular formula is C83H113BCl9F4N16O14S10U. The molecule has 8 heterocycles. The number of benzene rings is 2. The van der Waals surface area contributed by atoms with Crippen molar-refractivity contribution in [2.24, 2.45) is 29.4 Å². The molecule has 0 bridgehead atoms. The largest absolute Gasteiger partial charge is 0.480 e. The number of carboxylic acids is 2. The Kier molecular flexibility index (Phi) is 53.7. The number of rotatable bonds is 19. The first-order valence-electron chi connectivity index (χ1n) is 42.4. The van der Waals surface area contributed by atoms with Crippen LogP contribution < -0.4 is 27.0 Å². The molecule has 1 radical (unpaired) electrons. The first-order valence-corrected chi connectivity index (χ1v) is 52.3. The van der Waals surface area contributed by atoms with Crippen LogP contribution in [0.3, 0.4) is 0 Å². The van der Waals surface area contributed by atoms with Gasteiger partial charge in [0.1, 0.15) is 107 Å². The number of carboxylic acid groups (broad SMARTS) is 2. The number of amides is 6. The van der Waals surface area contributed by atoms with E-state index in [2.05, 4.69) is 119 Å². The van der Waals surface area contributed by atoms with Crippen LogP contribution in [0.15, 0.2) is 61.2 Å². The van der Waals surface area contributed by atoms with Gasteiger partial charge in [-0.2, -0.15) is 23.7 Å². The number of aryl methyl sites for hydroxylation is 2. The first kappa shape index (κ1) is 128. The first-order chi connectivity index (χ1) is 63.2. The average Bonchev–Trinajstić information content (AvgIpc) is 1.64. The van der Waals surface area contributed by atoms with Gasteiger partial charge in [0.2, 0.25) is 23.6 Å². The number of hydrogen-bond donors (Lipinski definition) is 7. The quantitative estimate of drug-likeness (QED) is 0.0171. The van der Waals surface area contributed by atoms with Crippen LogP contribution in [0.1, 0.15) is 175 Å². The SMILES string of the molecule is C.CC(=O)c1nn(CC(=O)N2C[C@H](F)C[C@H]2C(=O)N[C@H](C)[C@H]2CC2(Cl)Cl)c2ccc(-c3cnc(C)nc3)cc12.CC(=O)c1nn(CC(=O)O)c2ccc(-c3cnc(C)nc3)cc12.CC(C)(C)OC(=O)N1C[C@H](F)C[C@H]1C(=O)O.C[C@@H](N)[C@H]1CC1(Cl)Cl.C[C@@H](NC(=O)[C@@H]1C[C@@H](F)CN1)[C@H]1CC1(Cl)Cl.C[C@@H](NC(=O)[C@@H]1C[C@@H](F)CN1C(=O)OC(C)(C)C)[C@H]1CC1(Cl)Cl.Cl.S.S=S.S=S=S.S=S=S=S.[3H][B][3H].[U]. The van der Waals surface area contributed by atoms with E-state index in [0.717, 1.165) is 47.4 Å². The molecule has 8 fully saturated rings. The van der Waals surface area contributed by atoms with Gasteiger partial charge in [0.15, 0.2) is 11.6 Å². The van der Waals surface area contributed by atoms with Gasteiger partial charge in [0.05, 0.1) is 45.0 Å². The molecule has 6 aromatic rings. The van der Waals surface area contributed by atoms with E-state index in [4.69, 9.17) is 121 Å². The predicted molar refractivity (Wildman–Crippen MR) is 561 cm³/mol. The zero-order valence-corrected chi connectivity index (χ0v) is 95.8. The van der Waals surface area contributed by atoms with Crippen molar-refractivity contribution in [3.05, 3.63) is 84.2 Å². The van der Waals surface area contributed by atoms with Crippen LogP contribution in [0.4, 0.5) is 27.2 Å². The van der Waals surface area contributed by atoms with E-state index in [1.165, 1.54) is 45.9 Å². The molecule has 6 amide bonds. The van der Waals surface area contributed by atoms with Gasteiger partial charge in [-0.15, -0.1) is 105 Å². The number of fused-ring (bicyclic) bond motifs is 2. The number of Topliss-reactive ketones (excluding diaryl/α,β-unsaturated/α-hetero) is 2. The molecule has 4 saturated carbocycles. The number of halogens is 13. The molecule has 4 aliphatic heterocycles. The second-order valence-corrected chi connectivity index (χ2v) is 46.2. The number of carbonyl (C=O) groups excluding carboxylic acids is 8. The van der Waals surface area contributed by atoms with E-state index in [1.807, 2.05) is 38.1 Å². The summed E-state index contributed by atoms with van der Waals surface area (Å²) in [6.45, 7) is 23.1. The van der Waals surface area contributed by atoms with E-state index >= 15 is 0 Å². The Bertz CT molecular complexity index is 5350. The maximum atomic E-state index is 14.4. The third-order valence-electron chi connectivity index (χ3n) is 21.7. The normalized spacial score (nSPS) is 23.1. The molecule has 767 valence electrons. The molecule has 2 aromatic carbocycles. The van der Waals surface area contributed by atoms with Crippen molar-refractivity contribution < 1.29 is 116 Å². The molecule has 0 unspecified atom stereocenters. The molecule has 8 aliphatic rings. The molecule has 16 atom stereocenters. The van der Waals surface area contributed by atoms with E-state index in [1.54, 1.807) is 106 Å². The number of ether oxygens (including phenoxy) is 2. The number of nitrogens with two attached hydrogens (primary N) is 1. The Labute approximate surface area is 919 Å². The zero-order valence-electron chi connectivity index (χ0n) is 78.4. The maximum absolute atomic E-state index is 14.4. The minimum Gasteiger partial charge on any atom is -0.480 e. The molecular weight excluding hydrogens is 2410 g/mol. The Morgan fingerprint density at radius 3 is 1.15 bits per heavy atom. The van der Waals surface area contributed by atoms with Gasteiger partial charge < -0.3 is 51.6 Å². The van der Waals surface area contributed by atoms with E-state index in [9.17, 15) is 65.5 Å². The van der Waals surface area contributed by atoms with E-state index in [0.29, 0.717) is 67.0 Å². The zero-order chi connectivity index (χ0) is 103. The Balaban J connectivity index is 0.000000851. The summed E-state index contributed by atoms with van der Waals surface area (Å²) in [5.41, 5.74) is 8.97. The van der Waals surface area contributed by atoms with Crippen molar-refractivity contribution in [1.29, 1.82) is 2.67 Å². The fourth-order valence-corrected chi connectivity index (χ4v) is 17.5. The van der Waals surface area contributed by atoms with Gasteiger partial charge in [0.25, 0.3) is 0 Å². The summed E-state index contributed by atoms with van der Waals surface area (Å²) in [6, 6.07) is 6.97. The average molecular weight is 2530 g/mol. The van der Waals surface area contributed by atoms with Crippen molar-refractivity contribution in [1.82, 2.24) is 75.5 Å². The number of likely N-dealkylation sites (tertiary alicyclic amines) is 3. The summed E-state index contributed by atoms with van der Waals surface area (Å²) in [5, 5.41) is 38.8. The summed E-state index contributed by atoms with van der Waals surface area (Å²) in [7, 11) is 3.76. The van der Waals surface area contributed by atoms with Crippen molar-refractivity contribution in [3.8, 4) is 22.3 Å². The van der Waals surface area contributed by atoms with E-state index in [-0.39, 0.29) is 200 Å². The summed E-state index contributed by atoms with van der Waals surface area (Å²) in [4.78, 5) is 140. The standard InChI is InChI=1S/C26H27Cl2FN6O3.C16H14N4O3.C15H23Cl2FN2O3.C10H15Cl2FN2O.C10H16FNO4.C5H9Cl2N.CH4.BH2.ClH.S4.S3.S2.H2S.U/c1-13(20-8-26(20,27)28)32-25(38)22-7-18(29)11-34(22)23(37)12-35-21-5-4-16(17-9-30-15(3)31-10-17)6-19(21)24(33-35)14(2)36;1-9(21)16-13-5-11(12-6-17-10(2)18-7-12)3-4-14(13)20(19-16)8-15(22)23;1-8(10-6-15(10,16)17)19-12(21)11-5-9(18)7-20(11)13(22)23-14(2,3)4;1-5(7-3-10(7,11)12)15-9(16)8-2-6(13)4-14-8;1-10(2,3)16-9(15)12-5-6(11)4-7(12)8(13)14;1-3(8)4-2-5(4,6)7;;;;1-3-4-2;1-3-2;1-2;;/h4-6,9-10,13,18,20,22H,7-8,11-12H2,1-3H3,(H,32,38);3-7H,8H2,1-2H3,(H,22,23);8-11H,5-7H2,1-4H3,(H,19,21);5-8,14H,2-4H2,1H3,(H,15,16);6-7H,4-5H2,1-3H3,(H,13,14);3-4H,2,8H2,1H3;1H4;1H2;1H;;;;1H2;/t13-,18-,20-,22+;;8-,9-,10-,11+;5-,6-,7-,8+;6-,7+;3-,4-;;;;;;;;/m1.1111......../s1/i;;;;;;;1T2;;;;;;. The number of hydrogen-bond acceptors (Lipinski definition) is 26. The number of aliphatic carboxylic acids is 2. The van der Waals surface area contributed by atoms with Crippen LogP contribution >= 0.6 is 119 Å². The molecule has 0 spiro atoms. The Morgan fingerprint density at radius 1 is 0.558 bits per heavy atom.